The third kappa shape index (κ3) is 4.42. The molecule has 6 heteroatoms. The van der Waals surface area contributed by atoms with Crippen molar-refractivity contribution in [2.24, 2.45) is 7.05 Å². The van der Waals surface area contributed by atoms with E-state index in [0.717, 1.165) is 36.9 Å². The fourth-order valence-corrected chi connectivity index (χ4v) is 3.45. The summed E-state index contributed by atoms with van der Waals surface area (Å²) in [7, 11) is 1.87. The molecule has 0 aliphatic carbocycles. The minimum absolute atomic E-state index is 0.0834. The first-order chi connectivity index (χ1) is 11.1. The molecular formula is C17H21BrN4O. The monoisotopic (exact) mass is 376 g/mol. The molecule has 1 aromatic carbocycles. The fraction of sp³-hybridized carbons (Fsp3) is 0.412. The molecule has 1 amide bonds. The summed E-state index contributed by atoms with van der Waals surface area (Å²) in [5.41, 5.74) is 1.77. The summed E-state index contributed by atoms with van der Waals surface area (Å²) in [5, 5.41) is 3.11. The van der Waals surface area contributed by atoms with Crippen molar-refractivity contribution in [3.63, 3.8) is 0 Å². The van der Waals surface area contributed by atoms with Crippen molar-refractivity contribution in [1.29, 1.82) is 0 Å². The topological polar surface area (TPSA) is 50.2 Å². The number of nitrogens with zero attached hydrogens (tertiary/aromatic N) is 3. The van der Waals surface area contributed by atoms with E-state index in [1.54, 1.807) is 17.1 Å². The number of halogens is 1. The zero-order valence-electron chi connectivity index (χ0n) is 13.2. The van der Waals surface area contributed by atoms with E-state index in [0.29, 0.717) is 5.69 Å². The standard InChI is InChI=1S/C17H21BrN4O/c1-21-11-16(19-12-21)17(23)20-15-6-3-7-22(10-15)9-13-4-2-5-14(18)8-13/h2,4-5,8,11-12,15H,3,6-7,9-10H2,1H3,(H,20,23). The van der Waals surface area contributed by atoms with Gasteiger partial charge in [-0.1, -0.05) is 28.1 Å². The molecule has 2 heterocycles. The smallest absolute Gasteiger partial charge is 0.271 e. The van der Waals surface area contributed by atoms with Crippen molar-refractivity contribution in [1.82, 2.24) is 19.8 Å². The molecule has 122 valence electrons. The minimum Gasteiger partial charge on any atom is -0.347 e. The van der Waals surface area contributed by atoms with Gasteiger partial charge in [0, 0.05) is 36.8 Å². The second-order valence-corrected chi connectivity index (χ2v) is 7.02. The van der Waals surface area contributed by atoms with Crippen LogP contribution in [0.3, 0.4) is 0 Å². The van der Waals surface area contributed by atoms with Crippen LogP contribution < -0.4 is 5.32 Å². The molecule has 1 saturated heterocycles. The van der Waals surface area contributed by atoms with Crippen LogP contribution in [0, 0.1) is 0 Å². The normalized spacial score (nSPS) is 18.8. The molecule has 0 radical (unpaired) electrons. The maximum atomic E-state index is 12.2. The molecule has 0 bridgehead atoms. The van der Waals surface area contributed by atoms with Gasteiger partial charge < -0.3 is 9.88 Å². The fourth-order valence-electron chi connectivity index (χ4n) is 3.00. The third-order valence-corrected chi connectivity index (χ3v) is 4.57. The Bertz CT molecular complexity index is 685. The number of imidazole rings is 1. The van der Waals surface area contributed by atoms with Crippen LogP contribution in [0.25, 0.3) is 0 Å². The lowest BCUT2D eigenvalue weighted by atomic mass is 10.0. The molecule has 1 aliphatic rings. The summed E-state index contributed by atoms with van der Waals surface area (Å²) in [6.45, 7) is 2.86. The predicted octanol–water partition coefficient (Wildman–Crippen LogP) is 2.58. The highest BCUT2D eigenvalue weighted by molar-refractivity contribution is 9.10. The van der Waals surface area contributed by atoms with Gasteiger partial charge in [-0.25, -0.2) is 4.98 Å². The van der Waals surface area contributed by atoms with Crippen molar-refractivity contribution in [2.45, 2.75) is 25.4 Å². The number of piperidine rings is 1. The summed E-state index contributed by atoms with van der Waals surface area (Å²) in [4.78, 5) is 18.7. The van der Waals surface area contributed by atoms with Crippen LogP contribution >= 0.6 is 15.9 Å². The van der Waals surface area contributed by atoms with Gasteiger partial charge in [0.25, 0.3) is 5.91 Å². The van der Waals surface area contributed by atoms with E-state index < -0.39 is 0 Å². The Kier molecular flexibility index (Phi) is 5.13. The third-order valence-electron chi connectivity index (χ3n) is 4.07. The van der Waals surface area contributed by atoms with Crippen LogP contribution in [0.5, 0.6) is 0 Å². The molecule has 1 unspecified atom stereocenters. The van der Waals surface area contributed by atoms with Crippen LogP contribution in [0.4, 0.5) is 0 Å². The van der Waals surface area contributed by atoms with Crippen molar-refractivity contribution in [3.05, 3.63) is 52.5 Å². The Morgan fingerprint density at radius 3 is 3.09 bits per heavy atom. The molecule has 1 N–H and O–H groups in total. The lowest BCUT2D eigenvalue weighted by Crippen LogP contribution is -2.47. The quantitative estimate of drug-likeness (QED) is 0.891. The van der Waals surface area contributed by atoms with Crippen molar-refractivity contribution < 1.29 is 4.79 Å². The van der Waals surface area contributed by atoms with Gasteiger partial charge >= 0.3 is 0 Å². The number of carbonyl (C=O) groups excluding carboxylic acids is 1. The van der Waals surface area contributed by atoms with E-state index >= 15 is 0 Å². The Balaban J connectivity index is 1.56. The first-order valence-electron chi connectivity index (χ1n) is 7.86. The summed E-state index contributed by atoms with van der Waals surface area (Å²) >= 11 is 3.51. The second-order valence-electron chi connectivity index (χ2n) is 6.10. The van der Waals surface area contributed by atoms with Crippen LogP contribution in [0.15, 0.2) is 41.3 Å². The van der Waals surface area contributed by atoms with Gasteiger partial charge in [-0.2, -0.15) is 0 Å². The number of carbonyl (C=O) groups is 1. The maximum Gasteiger partial charge on any atom is 0.271 e. The zero-order valence-corrected chi connectivity index (χ0v) is 14.8. The van der Waals surface area contributed by atoms with Gasteiger partial charge in [-0.05, 0) is 37.1 Å². The lowest BCUT2D eigenvalue weighted by molar-refractivity contribution is 0.0896. The predicted molar refractivity (Wildman–Crippen MR) is 93.1 cm³/mol. The molecule has 1 aromatic heterocycles. The summed E-state index contributed by atoms with van der Waals surface area (Å²) < 4.78 is 2.89. The van der Waals surface area contributed by atoms with Crippen LogP contribution in [-0.2, 0) is 13.6 Å². The van der Waals surface area contributed by atoms with E-state index in [-0.39, 0.29) is 11.9 Å². The Hall–Kier alpha value is -1.66. The lowest BCUT2D eigenvalue weighted by Gasteiger charge is -2.33. The molecule has 1 aliphatic heterocycles. The average molecular weight is 377 g/mol. The summed E-state index contributed by atoms with van der Waals surface area (Å²) in [5.74, 6) is -0.0834. The first-order valence-corrected chi connectivity index (χ1v) is 8.65. The van der Waals surface area contributed by atoms with Crippen LogP contribution in [0.1, 0.15) is 28.9 Å². The van der Waals surface area contributed by atoms with Crippen LogP contribution in [0.2, 0.25) is 0 Å². The van der Waals surface area contributed by atoms with Gasteiger partial charge in [0.1, 0.15) is 5.69 Å². The average Bonchev–Trinajstić information content (AvgIpc) is 2.94. The van der Waals surface area contributed by atoms with Gasteiger partial charge in [-0.3, -0.25) is 9.69 Å². The van der Waals surface area contributed by atoms with Gasteiger partial charge in [0.2, 0.25) is 0 Å². The molecule has 1 atom stereocenters. The number of aromatic nitrogens is 2. The number of rotatable bonds is 4. The Morgan fingerprint density at radius 1 is 1.48 bits per heavy atom. The summed E-state index contributed by atoms with van der Waals surface area (Å²) in [6.07, 6.45) is 5.52. The Labute approximate surface area is 144 Å². The van der Waals surface area contributed by atoms with E-state index in [4.69, 9.17) is 0 Å². The molecule has 2 aromatic rings. The van der Waals surface area contributed by atoms with Crippen molar-refractivity contribution in [3.8, 4) is 0 Å². The molecular weight excluding hydrogens is 356 g/mol. The van der Waals surface area contributed by atoms with Crippen LogP contribution in [-0.4, -0.2) is 39.5 Å². The van der Waals surface area contributed by atoms with Gasteiger partial charge in [0.15, 0.2) is 0 Å². The maximum absolute atomic E-state index is 12.2. The largest absolute Gasteiger partial charge is 0.347 e. The first kappa shape index (κ1) is 16.2. The minimum atomic E-state index is -0.0834. The van der Waals surface area contributed by atoms with E-state index in [1.807, 2.05) is 13.1 Å². The molecule has 1 fully saturated rings. The zero-order chi connectivity index (χ0) is 16.2. The number of hydrogen-bond acceptors (Lipinski definition) is 3. The molecule has 23 heavy (non-hydrogen) atoms. The molecule has 0 spiro atoms. The van der Waals surface area contributed by atoms with Gasteiger partial charge in [0.05, 0.1) is 6.33 Å². The van der Waals surface area contributed by atoms with Crippen molar-refractivity contribution in [2.75, 3.05) is 13.1 Å². The van der Waals surface area contributed by atoms with E-state index in [1.165, 1.54) is 5.56 Å². The SMILES string of the molecule is Cn1cnc(C(=O)NC2CCCN(Cc3cccc(Br)c3)C2)c1. The molecule has 0 saturated carbocycles. The number of likely N-dealkylation sites (tertiary alicyclic amines) is 1. The number of hydrogen-bond donors (Lipinski definition) is 1. The highest BCUT2D eigenvalue weighted by Gasteiger charge is 2.22. The van der Waals surface area contributed by atoms with E-state index in [9.17, 15) is 4.79 Å². The van der Waals surface area contributed by atoms with E-state index in [2.05, 4.69) is 49.3 Å². The molecule has 3 rings (SSSR count). The number of amides is 1. The highest BCUT2D eigenvalue weighted by atomic mass is 79.9. The molecule has 5 nitrogen and oxygen atoms in total. The Morgan fingerprint density at radius 2 is 2.35 bits per heavy atom. The van der Waals surface area contributed by atoms with Gasteiger partial charge in [-0.15, -0.1) is 0 Å². The second kappa shape index (κ2) is 7.27. The number of nitrogens with one attached hydrogen (secondary N) is 1. The number of benzene rings is 1. The number of aryl methyl sites for hydroxylation is 1. The highest BCUT2D eigenvalue weighted by Crippen LogP contribution is 2.17. The van der Waals surface area contributed by atoms with Crippen molar-refractivity contribution >= 4 is 21.8 Å². The summed E-state index contributed by atoms with van der Waals surface area (Å²) in [6, 6.07) is 8.57.